The molecule has 2 atom stereocenters. The molecule has 100 valence electrons. The van der Waals surface area contributed by atoms with E-state index < -0.39 is 5.28 Å². The predicted octanol–water partition coefficient (Wildman–Crippen LogP) is 4.06. The molecule has 0 bridgehead atoms. The topological polar surface area (TPSA) is 26.0 Å². The molecular weight excluding hydrogens is 249 g/mol. The summed E-state index contributed by atoms with van der Waals surface area (Å²) in [6.07, 6.45) is 3.62. The molecule has 2 aromatic rings. The van der Waals surface area contributed by atoms with Crippen LogP contribution >= 0.6 is 9.24 Å². The molecule has 0 aromatic heterocycles. The van der Waals surface area contributed by atoms with E-state index in [4.69, 9.17) is 5.73 Å². The van der Waals surface area contributed by atoms with E-state index in [2.05, 4.69) is 52.6 Å². The summed E-state index contributed by atoms with van der Waals surface area (Å²) in [4.78, 5) is 0. The van der Waals surface area contributed by atoms with Crippen LogP contribution in [-0.2, 0) is 11.7 Å². The van der Waals surface area contributed by atoms with Crippen molar-refractivity contribution in [1.29, 1.82) is 0 Å². The maximum atomic E-state index is 6.47. The molecule has 2 heteroatoms. The van der Waals surface area contributed by atoms with Crippen LogP contribution in [0.1, 0.15) is 36.5 Å². The van der Waals surface area contributed by atoms with Gasteiger partial charge in [0.25, 0.3) is 0 Å². The Kier molecular flexibility index (Phi) is 4.74. The third-order valence-corrected chi connectivity index (χ3v) is 4.17. The van der Waals surface area contributed by atoms with Crippen LogP contribution in [0, 0.1) is 0 Å². The van der Waals surface area contributed by atoms with Crippen LogP contribution in [0.3, 0.4) is 0 Å². The highest BCUT2D eigenvalue weighted by Gasteiger charge is 2.23. The smallest absolute Gasteiger partial charge is 0.0804 e. The van der Waals surface area contributed by atoms with Gasteiger partial charge in [0.2, 0.25) is 0 Å². The first kappa shape index (κ1) is 14.2. The van der Waals surface area contributed by atoms with E-state index in [9.17, 15) is 0 Å². The molecule has 0 saturated heterocycles. The molecule has 2 aromatic carbocycles. The lowest BCUT2D eigenvalue weighted by molar-refractivity contribution is 0.780. The van der Waals surface area contributed by atoms with Gasteiger partial charge in [-0.25, -0.2) is 0 Å². The van der Waals surface area contributed by atoms with Gasteiger partial charge in [-0.2, -0.15) is 0 Å². The van der Waals surface area contributed by atoms with Gasteiger partial charge in [0, 0.05) is 0 Å². The average Bonchev–Trinajstić information content (AvgIpc) is 2.46. The van der Waals surface area contributed by atoms with Crippen molar-refractivity contribution >= 4 is 9.24 Å². The summed E-state index contributed by atoms with van der Waals surface area (Å²) < 4.78 is 0. The molecule has 2 rings (SSSR count). The van der Waals surface area contributed by atoms with Gasteiger partial charge >= 0.3 is 0 Å². The van der Waals surface area contributed by atoms with Crippen LogP contribution in [-0.4, -0.2) is 0 Å². The molecule has 0 amide bonds. The summed E-state index contributed by atoms with van der Waals surface area (Å²) in [6, 6.07) is 18.9. The Morgan fingerprint density at radius 3 is 2.11 bits per heavy atom. The second-order valence-corrected chi connectivity index (χ2v) is 5.95. The summed E-state index contributed by atoms with van der Waals surface area (Å²) in [6.45, 7) is 2.22. The van der Waals surface area contributed by atoms with E-state index in [1.54, 1.807) is 0 Å². The number of unbranched alkanes of at least 4 members (excludes halogenated alkanes) is 1. The normalized spacial score (nSPS) is 14.1. The van der Waals surface area contributed by atoms with Gasteiger partial charge in [0.15, 0.2) is 0 Å². The first-order valence-corrected chi connectivity index (χ1v) is 7.45. The van der Waals surface area contributed by atoms with Crippen LogP contribution in [0.15, 0.2) is 54.6 Å². The van der Waals surface area contributed by atoms with E-state index in [0.29, 0.717) is 0 Å². The zero-order valence-electron chi connectivity index (χ0n) is 11.5. The summed E-state index contributed by atoms with van der Waals surface area (Å²) >= 11 is 0. The highest BCUT2D eigenvalue weighted by Crippen LogP contribution is 2.33. The van der Waals surface area contributed by atoms with Crippen molar-refractivity contribution in [3.05, 3.63) is 71.3 Å². The van der Waals surface area contributed by atoms with Crippen molar-refractivity contribution in [3.63, 3.8) is 0 Å². The van der Waals surface area contributed by atoms with E-state index in [1.807, 2.05) is 18.2 Å². The quantitative estimate of drug-likeness (QED) is 0.815. The Bertz CT molecular complexity index is 503. The Balaban J connectivity index is 2.21. The minimum atomic E-state index is -0.509. The molecule has 1 nitrogen and oxygen atoms in total. The molecule has 19 heavy (non-hydrogen) atoms. The number of hydrogen-bond donors (Lipinski definition) is 1. The van der Waals surface area contributed by atoms with Gasteiger partial charge in [0.1, 0.15) is 0 Å². The largest absolute Gasteiger partial charge is 0.315 e. The molecule has 0 fully saturated rings. The van der Waals surface area contributed by atoms with Gasteiger partial charge in [-0.05, 0) is 29.5 Å². The summed E-state index contributed by atoms with van der Waals surface area (Å²) in [5, 5.41) is -0.509. The fraction of sp³-hybridized carbons (Fsp3) is 0.294. The fourth-order valence-corrected chi connectivity index (χ4v) is 2.59. The SMILES string of the molecule is CCCCc1ccc(C(N)(P)c2ccccc2)cc1. The maximum Gasteiger partial charge on any atom is 0.0804 e. The molecule has 0 aliphatic rings. The number of aryl methyl sites for hydroxylation is 1. The summed E-state index contributed by atoms with van der Waals surface area (Å²) in [5.74, 6) is 0. The lowest BCUT2D eigenvalue weighted by Gasteiger charge is -2.26. The number of rotatable bonds is 5. The van der Waals surface area contributed by atoms with Crippen LogP contribution in [0.25, 0.3) is 0 Å². The van der Waals surface area contributed by atoms with Gasteiger partial charge in [-0.3, -0.25) is 0 Å². The van der Waals surface area contributed by atoms with E-state index >= 15 is 0 Å². The van der Waals surface area contributed by atoms with Crippen molar-refractivity contribution in [2.75, 3.05) is 0 Å². The van der Waals surface area contributed by atoms with E-state index in [0.717, 1.165) is 17.5 Å². The molecule has 0 aliphatic carbocycles. The second kappa shape index (κ2) is 6.32. The second-order valence-electron chi connectivity index (χ2n) is 5.04. The molecule has 2 N–H and O–H groups in total. The molecule has 0 radical (unpaired) electrons. The monoisotopic (exact) mass is 271 g/mol. The predicted molar refractivity (Wildman–Crippen MR) is 86.2 cm³/mol. The Morgan fingerprint density at radius 1 is 0.947 bits per heavy atom. The van der Waals surface area contributed by atoms with Crippen molar-refractivity contribution in [2.45, 2.75) is 31.5 Å². The van der Waals surface area contributed by atoms with Crippen LogP contribution in [0.4, 0.5) is 0 Å². The maximum absolute atomic E-state index is 6.47. The van der Waals surface area contributed by atoms with Crippen LogP contribution in [0.5, 0.6) is 0 Å². The minimum absolute atomic E-state index is 0.509. The number of nitrogens with two attached hydrogens (primary N) is 1. The standard InChI is InChI=1S/C17H22NP/c1-2-3-7-14-10-12-16(13-11-14)17(18,19)15-8-5-4-6-9-15/h4-6,8-13H,2-3,7,18-19H2,1H3. The summed E-state index contributed by atoms with van der Waals surface area (Å²) in [5.41, 5.74) is 10.1. The zero-order valence-corrected chi connectivity index (χ0v) is 12.6. The lowest BCUT2D eigenvalue weighted by atomic mass is 9.97. The van der Waals surface area contributed by atoms with Crippen molar-refractivity contribution in [2.24, 2.45) is 5.73 Å². The Morgan fingerprint density at radius 2 is 1.53 bits per heavy atom. The van der Waals surface area contributed by atoms with Crippen LogP contribution in [0.2, 0.25) is 0 Å². The molecule has 2 unspecified atom stereocenters. The van der Waals surface area contributed by atoms with Crippen molar-refractivity contribution < 1.29 is 0 Å². The molecule has 0 aliphatic heterocycles. The van der Waals surface area contributed by atoms with Gasteiger partial charge in [-0.1, -0.05) is 67.9 Å². The van der Waals surface area contributed by atoms with Gasteiger partial charge < -0.3 is 5.73 Å². The first-order chi connectivity index (χ1) is 9.14. The molecule has 0 saturated carbocycles. The van der Waals surface area contributed by atoms with Gasteiger partial charge in [0.05, 0.1) is 5.28 Å². The molecular formula is C17H22NP. The Labute approximate surface area is 118 Å². The summed E-state index contributed by atoms with van der Waals surface area (Å²) in [7, 11) is 2.78. The third kappa shape index (κ3) is 3.43. The van der Waals surface area contributed by atoms with Gasteiger partial charge in [-0.15, -0.1) is 9.24 Å². The van der Waals surface area contributed by atoms with E-state index in [1.165, 1.54) is 18.4 Å². The third-order valence-electron chi connectivity index (χ3n) is 3.50. The molecule has 0 heterocycles. The Hall–Kier alpha value is -1.17. The van der Waals surface area contributed by atoms with Crippen LogP contribution < -0.4 is 5.73 Å². The van der Waals surface area contributed by atoms with Crippen molar-refractivity contribution in [3.8, 4) is 0 Å². The lowest BCUT2D eigenvalue weighted by Crippen LogP contribution is -2.30. The van der Waals surface area contributed by atoms with E-state index in [-0.39, 0.29) is 0 Å². The minimum Gasteiger partial charge on any atom is -0.315 e. The number of benzene rings is 2. The first-order valence-electron chi connectivity index (χ1n) is 6.87. The number of hydrogen-bond acceptors (Lipinski definition) is 1. The molecule has 0 spiro atoms. The average molecular weight is 271 g/mol. The highest BCUT2D eigenvalue weighted by atomic mass is 31.0. The highest BCUT2D eigenvalue weighted by molar-refractivity contribution is 7.18. The zero-order chi connectivity index (χ0) is 13.7. The fourth-order valence-electron chi connectivity index (χ4n) is 2.21. The van der Waals surface area contributed by atoms with Crippen molar-refractivity contribution in [1.82, 2.24) is 0 Å².